The molecule has 6 rings (SSSR count). The van der Waals surface area contributed by atoms with Crippen LogP contribution in [0.5, 0.6) is 11.6 Å². The highest BCUT2D eigenvalue weighted by molar-refractivity contribution is 6.05. The molecule has 1 aliphatic rings. The van der Waals surface area contributed by atoms with Gasteiger partial charge in [-0.15, -0.1) is 0 Å². The van der Waals surface area contributed by atoms with Gasteiger partial charge in [-0.1, -0.05) is 60.7 Å². The van der Waals surface area contributed by atoms with Crippen molar-refractivity contribution in [3.8, 4) is 11.6 Å². The fourth-order valence-corrected chi connectivity index (χ4v) is 5.74. The van der Waals surface area contributed by atoms with E-state index >= 15 is 0 Å². The first kappa shape index (κ1) is 27.1. The van der Waals surface area contributed by atoms with Gasteiger partial charge in [0, 0.05) is 30.4 Å². The lowest BCUT2D eigenvalue weighted by molar-refractivity contribution is -0.138. The van der Waals surface area contributed by atoms with Crippen LogP contribution in [0.15, 0.2) is 97.2 Å². The van der Waals surface area contributed by atoms with Gasteiger partial charge in [-0.2, -0.15) is 0 Å². The minimum absolute atomic E-state index is 0.168. The molecule has 1 aliphatic heterocycles. The van der Waals surface area contributed by atoms with Gasteiger partial charge in [-0.3, -0.25) is 14.2 Å². The number of anilines is 1. The normalized spacial score (nSPS) is 15.1. The first-order valence-electron chi connectivity index (χ1n) is 13.9. The van der Waals surface area contributed by atoms with E-state index in [1.54, 1.807) is 23.6 Å². The third-order valence-electron chi connectivity index (χ3n) is 7.74. The first-order chi connectivity index (χ1) is 20.4. The second-order valence-electron chi connectivity index (χ2n) is 10.5. The number of aliphatic carboxylic acids is 1. The number of pyridine rings is 1. The van der Waals surface area contributed by atoms with Crippen LogP contribution in [0.4, 0.5) is 5.69 Å². The summed E-state index contributed by atoms with van der Waals surface area (Å²) in [6.45, 7) is 2.79. The Morgan fingerprint density at radius 1 is 1.00 bits per heavy atom. The number of hydrogen-bond donors (Lipinski definition) is 1. The van der Waals surface area contributed by atoms with Crippen LogP contribution in [0.25, 0.3) is 10.9 Å². The number of aromatic nitrogens is 2. The Labute approximate surface area is 243 Å². The second-order valence-corrected chi connectivity index (χ2v) is 10.5. The van der Waals surface area contributed by atoms with Gasteiger partial charge < -0.3 is 19.5 Å². The molecule has 2 atom stereocenters. The predicted octanol–water partition coefficient (Wildman–Crippen LogP) is 5.72. The van der Waals surface area contributed by atoms with E-state index in [0.717, 1.165) is 22.4 Å². The van der Waals surface area contributed by atoms with Crippen LogP contribution in [-0.2, 0) is 11.2 Å². The molecule has 0 aliphatic carbocycles. The summed E-state index contributed by atoms with van der Waals surface area (Å²) in [6.07, 6.45) is 1.64. The Morgan fingerprint density at radius 3 is 2.50 bits per heavy atom. The molecule has 0 saturated heterocycles. The maximum Gasteiger partial charge on any atom is 0.311 e. The molecule has 2 aromatic heterocycles. The zero-order valence-electron chi connectivity index (χ0n) is 23.4. The minimum atomic E-state index is -0.933. The number of likely N-dealkylation sites (N-methyl/N-ethyl adjacent to an activating group) is 1. The summed E-state index contributed by atoms with van der Waals surface area (Å²) in [5.74, 6) is -0.825. The zero-order chi connectivity index (χ0) is 29.2. The molecule has 0 amide bonds. The van der Waals surface area contributed by atoms with Crippen molar-refractivity contribution in [1.82, 2.24) is 9.55 Å². The quantitative estimate of drug-likeness (QED) is 0.259. The van der Waals surface area contributed by atoms with Crippen LogP contribution < -0.4 is 14.4 Å². The Morgan fingerprint density at radius 2 is 1.74 bits per heavy atom. The number of carbonyl (C=O) groups is 2. The van der Waals surface area contributed by atoms with Gasteiger partial charge in [0.15, 0.2) is 6.10 Å². The molecular weight excluding hydrogens is 530 g/mol. The van der Waals surface area contributed by atoms with Crippen LogP contribution in [0.3, 0.4) is 0 Å². The average molecular weight is 562 g/mol. The predicted molar refractivity (Wildman–Crippen MR) is 161 cm³/mol. The molecule has 3 heterocycles. The van der Waals surface area contributed by atoms with Gasteiger partial charge in [0.25, 0.3) is 5.91 Å². The van der Waals surface area contributed by atoms with Crippen LogP contribution in [0.2, 0.25) is 0 Å². The van der Waals surface area contributed by atoms with E-state index in [4.69, 9.17) is 9.47 Å². The lowest BCUT2D eigenvalue weighted by Crippen LogP contribution is -2.41. The standard InChI is InChI=1S/C34H31N3O5/c1-22-32(27(34(39)40)18-23-10-4-3-5-11-23)26-12-6-7-13-28(26)37(22)33(38)24-16-17-31(35-19-24)41-21-25-20-36(2)29-14-8-9-15-30(29)42-25/h3-17,19,25,27H,18,20-21H2,1-2H3,(H,39,40)/t25-,27?/m0/s1. The maximum atomic E-state index is 13.8. The van der Waals surface area contributed by atoms with Gasteiger partial charge in [0.2, 0.25) is 5.88 Å². The Balaban J connectivity index is 1.23. The monoisotopic (exact) mass is 561 g/mol. The molecule has 3 aromatic carbocycles. The number of para-hydroxylation sites is 3. The van der Waals surface area contributed by atoms with Crippen molar-refractivity contribution in [3.63, 3.8) is 0 Å². The second kappa shape index (κ2) is 11.4. The number of fused-ring (bicyclic) bond motifs is 2. The van der Waals surface area contributed by atoms with E-state index in [9.17, 15) is 14.7 Å². The van der Waals surface area contributed by atoms with Crippen molar-refractivity contribution in [1.29, 1.82) is 0 Å². The van der Waals surface area contributed by atoms with Gasteiger partial charge in [0.1, 0.15) is 12.4 Å². The highest BCUT2D eigenvalue weighted by Crippen LogP contribution is 2.35. The van der Waals surface area contributed by atoms with E-state index in [1.807, 2.05) is 85.9 Å². The van der Waals surface area contributed by atoms with Crippen LogP contribution in [-0.4, -0.2) is 52.8 Å². The molecule has 0 radical (unpaired) electrons. The molecule has 0 spiro atoms. The smallest absolute Gasteiger partial charge is 0.311 e. The lowest BCUT2D eigenvalue weighted by Gasteiger charge is -2.33. The van der Waals surface area contributed by atoms with Crippen LogP contribution in [0, 0.1) is 6.92 Å². The number of carbonyl (C=O) groups excluding carboxylic acids is 1. The van der Waals surface area contributed by atoms with Crippen molar-refractivity contribution < 1.29 is 24.2 Å². The molecule has 1 N–H and O–H groups in total. The van der Waals surface area contributed by atoms with E-state index < -0.39 is 11.9 Å². The molecule has 0 saturated carbocycles. The number of rotatable bonds is 8. The fourth-order valence-electron chi connectivity index (χ4n) is 5.74. The first-order valence-corrected chi connectivity index (χ1v) is 13.9. The molecule has 42 heavy (non-hydrogen) atoms. The summed E-state index contributed by atoms with van der Waals surface area (Å²) in [5, 5.41) is 11.0. The molecule has 5 aromatic rings. The van der Waals surface area contributed by atoms with Gasteiger partial charge in [-0.25, -0.2) is 4.98 Å². The van der Waals surface area contributed by atoms with Gasteiger partial charge >= 0.3 is 5.97 Å². The molecule has 0 fully saturated rings. The van der Waals surface area contributed by atoms with Crippen LogP contribution >= 0.6 is 0 Å². The number of benzene rings is 3. The highest BCUT2D eigenvalue weighted by Gasteiger charge is 2.30. The topological polar surface area (TPSA) is 93.9 Å². The number of carboxylic acids is 1. The van der Waals surface area contributed by atoms with E-state index in [-0.39, 0.29) is 12.0 Å². The summed E-state index contributed by atoms with van der Waals surface area (Å²) < 4.78 is 13.6. The summed E-state index contributed by atoms with van der Waals surface area (Å²) in [4.78, 5) is 32.9. The summed E-state index contributed by atoms with van der Waals surface area (Å²) >= 11 is 0. The third kappa shape index (κ3) is 5.19. The Hall–Kier alpha value is -5.11. The van der Waals surface area contributed by atoms with E-state index in [1.165, 1.54) is 6.20 Å². The number of ether oxygens (including phenoxy) is 2. The highest BCUT2D eigenvalue weighted by atomic mass is 16.5. The molecule has 8 nitrogen and oxygen atoms in total. The third-order valence-corrected chi connectivity index (χ3v) is 7.74. The average Bonchev–Trinajstić information content (AvgIpc) is 3.30. The summed E-state index contributed by atoms with van der Waals surface area (Å²) in [7, 11) is 2.02. The SMILES string of the molecule is Cc1c(C(Cc2ccccc2)C(=O)O)c2ccccc2n1C(=O)c1ccc(OC[C@@H]2CN(C)c3ccccc3O2)nc1. The van der Waals surface area contributed by atoms with Crippen molar-refractivity contribution >= 4 is 28.5 Å². The van der Waals surface area contributed by atoms with Crippen molar-refractivity contribution in [2.24, 2.45) is 0 Å². The van der Waals surface area contributed by atoms with Crippen molar-refractivity contribution in [2.75, 3.05) is 25.1 Å². The number of hydrogen-bond acceptors (Lipinski definition) is 6. The number of carboxylic acid groups (broad SMARTS) is 1. The van der Waals surface area contributed by atoms with Gasteiger partial charge in [-0.05, 0) is 48.7 Å². The lowest BCUT2D eigenvalue weighted by atomic mass is 9.90. The van der Waals surface area contributed by atoms with Crippen LogP contribution in [0.1, 0.15) is 33.1 Å². The van der Waals surface area contributed by atoms with E-state index in [2.05, 4.69) is 9.88 Å². The fraction of sp³-hybridized carbons (Fsp3) is 0.206. The molecule has 8 heteroatoms. The molecular formula is C34H31N3O5. The van der Waals surface area contributed by atoms with Crippen molar-refractivity contribution in [2.45, 2.75) is 25.4 Å². The maximum absolute atomic E-state index is 13.8. The van der Waals surface area contributed by atoms with Gasteiger partial charge in [0.05, 0.1) is 29.2 Å². The summed E-state index contributed by atoms with van der Waals surface area (Å²) in [6, 6.07) is 28.2. The zero-order valence-corrected chi connectivity index (χ0v) is 23.4. The largest absolute Gasteiger partial charge is 0.483 e. The van der Waals surface area contributed by atoms with Crippen molar-refractivity contribution in [3.05, 3.63) is 120 Å². The molecule has 1 unspecified atom stereocenters. The summed E-state index contributed by atoms with van der Waals surface area (Å²) in [5.41, 5.74) is 4.23. The number of nitrogens with zero attached hydrogens (tertiary/aromatic N) is 3. The molecule has 212 valence electrons. The van der Waals surface area contributed by atoms with E-state index in [0.29, 0.717) is 47.8 Å². The minimum Gasteiger partial charge on any atom is -0.483 e. The molecule has 0 bridgehead atoms. The Bertz CT molecular complexity index is 1750. The Kier molecular flexibility index (Phi) is 7.35.